The fraction of sp³-hybridized carbons (Fsp3) is 0.419. The van der Waals surface area contributed by atoms with Gasteiger partial charge >= 0.3 is 0 Å². The molecule has 0 atom stereocenters. The Kier molecular flexibility index (Phi) is 14.5. The largest absolute Gasteiger partial charge is 0.598 e. The molecule has 4 aromatic carbocycles. The second-order valence-corrected chi connectivity index (χ2v) is 31.0. The van der Waals surface area contributed by atoms with Gasteiger partial charge in [0.05, 0.1) is 23.2 Å². The molecule has 0 fully saturated rings. The summed E-state index contributed by atoms with van der Waals surface area (Å²) in [5.74, 6) is 2.70. The second kappa shape index (κ2) is 18.1. The first-order valence-electron chi connectivity index (χ1n) is 19.4. The van der Waals surface area contributed by atoms with E-state index in [-0.39, 0.29) is 0 Å². The van der Waals surface area contributed by atoms with Crippen molar-refractivity contribution in [3.8, 4) is 17.2 Å². The molecule has 3 nitrogen and oxygen atoms in total. The van der Waals surface area contributed by atoms with Crippen molar-refractivity contribution in [1.29, 1.82) is 0 Å². The van der Waals surface area contributed by atoms with Gasteiger partial charge in [-0.05, 0) is 97.0 Å². The summed E-state index contributed by atoms with van der Waals surface area (Å²) in [7, 11) is -8.66. The van der Waals surface area contributed by atoms with Gasteiger partial charge in [0.2, 0.25) is 16.6 Å². The molecule has 0 aromatic heterocycles. The highest BCUT2D eigenvalue weighted by Gasteiger charge is 2.44. The fourth-order valence-corrected chi connectivity index (χ4v) is 19.0. The standard InChI is InChI=1S/C43H63O3PSi3/c1-10-48(11-2,12-3)44-41-35-34-37(42(45-49(13-4,14-5)15-6)43(41)46-50(16-7,17-8)18-9)36-47(38-28-22-19-23-29-38,39-30-24-20-25-31-39)40-32-26-21-27-33-40/h19-36H,10-18H2,1-9H3. The Morgan fingerprint density at radius 2 is 0.720 bits per heavy atom. The third-order valence-electron chi connectivity index (χ3n) is 11.7. The third-order valence-corrected chi connectivity index (χ3v) is 29.2. The normalized spacial score (nSPS) is 12.4. The molecule has 0 N–H and O–H groups in total. The van der Waals surface area contributed by atoms with Gasteiger partial charge in [0.1, 0.15) is 11.5 Å². The van der Waals surface area contributed by atoms with Crippen LogP contribution in [0, 0.1) is 6.16 Å². The van der Waals surface area contributed by atoms with Gasteiger partial charge in [-0.2, -0.15) is 6.07 Å². The molecule has 50 heavy (non-hydrogen) atoms. The molecule has 0 bridgehead atoms. The van der Waals surface area contributed by atoms with Crippen LogP contribution in [0.5, 0.6) is 17.2 Å². The smallest absolute Gasteiger partial charge is 0.250 e. The van der Waals surface area contributed by atoms with Crippen LogP contribution < -0.4 is 29.2 Å². The van der Waals surface area contributed by atoms with Gasteiger partial charge in [0, 0.05) is 5.75 Å². The minimum atomic E-state index is -2.32. The second-order valence-electron chi connectivity index (χ2n) is 13.7. The van der Waals surface area contributed by atoms with Gasteiger partial charge in [-0.25, -0.2) is 0 Å². The van der Waals surface area contributed by atoms with E-state index in [1.54, 1.807) is 0 Å². The zero-order valence-corrected chi connectivity index (χ0v) is 36.3. The monoisotopic (exact) mass is 742 g/mol. The van der Waals surface area contributed by atoms with Gasteiger partial charge in [-0.1, -0.05) is 123 Å². The molecule has 4 rings (SSSR count). The van der Waals surface area contributed by atoms with Crippen molar-refractivity contribution in [3.63, 3.8) is 0 Å². The lowest BCUT2D eigenvalue weighted by atomic mass is 10.2. The van der Waals surface area contributed by atoms with Crippen LogP contribution >= 0.6 is 7.26 Å². The third kappa shape index (κ3) is 8.30. The van der Waals surface area contributed by atoms with Crippen molar-refractivity contribution in [2.24, 2.45) is 0 Å². The van der Waals surface area contributed by atoms with Crippen molar-refractivity contribution < 1.29 is 13.3 Å². The lowest BCUT2D eigenvalue weighted by Crippen LogP contribution is -2.43. The Morgan fingerprint density at radius 3 is 1.06 bits per heavy atom. The number of rotatable bonds is 20. The van der Waals surface area contributed by atoms with E-state index < -0.39 is 32.2 Å². The predicted molar refractivity (Wildman–Crippen MR) is 228 cm³/mol. The zero-order chi connectivity index (χ0) is 36.3. The summed E-state index contributed by atoms with van der Waals surface area (Å²) in [5, 5.41) is 3.97. The molecule has 0 saturated carbocycles. The van der Waals surface area contributed by atoms with Gasteiger partial charge < -0.3 is 13.3 Å². The quantitative estimate of drug-likeness (QED) is 0.0513. The molecule has 0 aliphatic carbocycles. The highest BCUT2D eigenvalue weighted by Crippen LogP contribution is 2.62. The molecule has 0 aliphatic rings. The van der Waals surface area contributed by atoms with Crippen molar-refractivity contribution in [3.05, 3.63) is 115 Å². The molecule has 0 heterocycles. The Balaban J connectivity index is 2.14. The fourth-order valence-electron chi connectivity index (χ4n) is 7.38. The number of benzene rings is 4. The first-order valence-corrected chi connectivity index (χ1v) is 28.8. The van der Waals surface area contributed by atoms with Crippen molar-refractivity contribution in [2.45, 2.75) is 117 Å². The van der Waals surface area contributed by atoms with Crippen LogP contribution in [0.25, 0.3) is 0 Å². The first kappa shape index (κ1) is 40.0. The first-order chi connectivity index (χ1) is 24.2. The van der Waals surface area contributed by atoms with Gasteiger partial charge in [0.15, 0.2) is 0 Å². The van der Waals surface area contributed by atoms with Crippen LogP contribution in [-0.2, 0) is 0 Å². The Morgan fingerprint density at radius 1 is 0.400 bits per heavy atom. The molecule has 0 radical (unpaired) electrons. The average molecular weight is 743 g/mol. The van der Waals surface area contributed by atoms with E-state index in [0.717, 1.165) is 77.2 Å². The number of hydrogen-bond donors (Lipinski definition) is 0. The molecular formula is C43H63O3PSi3. The molecule has 0 aliphatic heterocycles. The highest BCUT2D eigenvalue weighted by atomic mass is 31.2. The van der Waals surface area contributed by atoms with E-state index in [1.165, 1.54) is 15.9 Å². The van der Waals surface area contributed by atoms with E-state index in [9.17, 15) is 0 Å². The van der Waals surface area contributed by atoms with Crippen molar-refractivity contribution in [1.82, 2.24) is 0 Å². The zero-order valence-electron chi connectivity index (χ0n) is 32.4. The van der Waals surface area contributed by atoms with Crippen LogP contribution in [-0.4, -0.2) is 25.0 Å². The molecule has 7 heteroatoms. The minimum absolute atomic E-state index is 0.878. The molecule has 4 aromatic rings. The Labute approximate surface area is 308 Å². The summed E-state index contributed by atoms with van der Waals surface area (Å²) in [6, 6.07) is 47.4. The van der Waals surface area contributed by atoms with Crippen LogP contribution in [0.1, 0.15) is 67.9 Å². The molecule has 0 unspecified atom stereocenters. The maximum atomic E-state index is 7.66. The number of hydrogen-bond acceptors (Lipinski definition) is 3. The lowest BCUT2D eigenvalue weighted by Gasteiger charge is -2.41. The van der Waals surface area contributed by atoms with E-state index >= 15 is 0 Å². The van der Waals surface area contributed by atoms with Crippen LogP contribution in [0.3, 0.4) is 0 Å². The van der Waals surface area contributed by atoms with Gasteiger partial charge in [-0.15, -0.1) is 5.56 Å². The predicted octanol–water partition coefficient (Wildman–Crippen LogP) is 12.3. The van der Waals surface area contributed by atoms with Gasteiger partial charge in [0.25, 0.3) is 8.32 Å². The maximum absolute atomic E-state index is 7.66. The lowest BCUT2D eigenvalue weighted by molar-refractivity contribution is 0.434. The highest BCUT2D eigenvalue weighted by molar-refractivity contribution is 7.97. The molecular weight excluding hydrogens is 680 g/mol. The van der Waals surface area contributed by atoms with E-state index in [1.807, 2.05) is 0 Å². The minimum Gasteiger partial charge on any atom is -0.598 e. The summed E-state index contributed by atoms with van der Waals surface area (Å²) >= 11 is 0. The molecule has 0 amide bonds. The molecule has 270 valence electrons. The van der Waals surface area contributed by atoms with E-state index in [4.69, 9.17) is 13.3 Å². The Hall–Kier alpha value is -2.77. The van der Waals surface area contributed by atoms with Gasteiger partial charge in [-0.3, -0.25) is 0 Å². The maximum Gasteiger partial charge on any atom is 0.250 e. The average Bonchev–Trinajstić information content (AvgIpc) is 3.19. The van der Waals surface area contributed by atoms with Crippen LogP contribution in [0.4, 0.5) is 0 Å². The summed E-state index contributed by atoms with van der Waals surface area (Å²) in [4.78, 5) is 0. The van der Waals surface area contributed by atoms with Crippen LogP contribution in [0.15, 0.2) is 103 Å². The molecule has 0 spiro atoms. The van der Waals surface area contributed by atoms with Crippen LogP contribution in [0.2, 0.25) is 54.4 Å². The van der Waals surface area contributed by atoms with Crippen molar-refractivity contribution >= 4 is 48.1 Å². The van der Waals surface area contributed by atoms with E-state index in [2.05, 4.69) is 172 Å². The molecule has 0 saturated heterocycles. The Bertz CT molecular complexity index is 1470. The summed E-state index contributed by atoms with van der Waals surface area (Å²) in [6.07, 6.45) is 2.58. The topological polar surface area (TPSA) is 27.7 Å². The van der Waals surface area contributed by atoms with E-state index in [0.29, 0.717) is 0 Å². The summed E-state index contributed by atoms with van der Waals surface area (Å²) in [5.41, 5.74) is 1.12. The summed E-state index contributed by atoms with van der Waals surface area (Å²) in [6.45, 7) is 20.9. The SMILES string of the molecule is CC[Si](CC)(CC)Oc1ccc([CH-][P+](c2ccccc2)(c2ccccc2)c2ccccc2)c(O[Si](CC)(CC)CC)c1O[Si](CC)(CC)CC. The summed E-state index contributed by atoms with van der Waals surface area (Å²) < 4.78 is 22.5. The van der Waals surface area contributed by atoms with Crippen molar-refractivity contribution in [2.75, 3.05) is 0 Å².